The highest BCUT2D eigenvalue weighted by molar-refractivity contribution is 5.70. The first-order chi connectivity index (χ1) is 15.3. The molecule has 3 aromatic rings. The monoisotopic (exact) mass is 404 g/mol. The van der Waals surface area contributed by atoms with Crippen LogP contribution >= 0.6 is 0 Å². The van der Waals surface area contributed by atoms with Gasteiger partial charge >= 0.3 is 0 Å². The van der Waals surface area contributed by atoms with Crippen molar-refractivity contribution in [2.45, 2.75) is 25.3 Å². The van der Waals surface area contributed by atoms with Gasteiger partial charge in [0.2, 0.25) is 0 Å². The van der Waals surface area contributed by atoms with Crippen LogP contribution in [0.3, 0.4) is 0 Å². The van der Waals surface area contributed by atoms with Crippen LogP contribution < -0.4 is 9.80 Å². The van der Waals surface area contributed by atoms with Crippen molar-refractivity contribution in [2.75, 3.05) is 16.8 Å². The molecule has 0 aliphatic heterocycles. The van der Waals surface area contributed by atoms with Crippen LogP contribution in [0.5, 0.6) is 0 Å². The molecule has 2 aliphatic carbocycles. The second-order valence-corrected chi connectivity index (χ2v) is 8.24. The highest BCUT2D eigenvalue weighted by Gasteiger charge is 2.24. The molecule has 5 rings (SSSR count). The first-order valence-electron chi connectivity index (χ1n) is 11.1. The summed E-state index contributed by atoms with van der Waals surface area (Å²) in [6.45, 7) is 0. The van der Waals surface area contributed by atoms with Crippen LogP contribution in [0.2, 0.25) is 0 Å². The molecule has 154 valence electrons. The molecular formula is C29H28N2. The van der Waals surface area contributed by atoms with Gasteiger partial charge in [-0.3, -0.25) is 0 Å². The number of allylic oxidation sites excluding steroid dienone is 4. The lowest BCUT2D eigenvalue weighted by atomic mass is 9.87. The molecule has 2 aliphatic rings. The maximum atomic E-state index is 2.47. The highest BCUT2D eigenvalue weighted by Crippen LogP contribution is 2.37. The van der Waals surface area contributed by atoms with Crippen LogP contribution in [0, 0.1) is 0 Å². The molecule has 0 amide bonds. The van der Waals surface area contributed by atoms with Gasteiger partial charge in [-0.05, 0) is 78.9 Å². The Bertz CT molecular complexity index is 1110. The van der Waals surface area contributed by atoms with Gasteiger partial charge in [0.1, 0.15) is 0 Å². The Labute approximate surface area is 185 Å². The molecule has 2 heteroatoms. The van der Waals surface area contributed by atoms with Crippen molar-refractivity contribution in [3.8, 4) is 0 Å². The molecule has 0 fully saturated rings. The zero-order valence-electron chi connectivity index (χ0n) is 18.0. The summed E-state index contributed by atoms with van der Waals surface area (Å²) in [5.74, 6) is 0. The van der Waals surface area contributed by atoms with E-state index in [1.165, 1.54) is 40.3 Å². The fourth-order valence-corrected chi connectivity index (χ4v) is 4.58. The minimum atomic E-state index is 0.307. The van der Waals surface area contributed by atoms with E-state index >= 15 is 0 Å². The fraction of sp³-hybridized carbons (Fsp3) is 0.172. The Morgan fingerprint density at radius 2 is 1.23 bits per heavy atom. The summed E-state index contributed by atoms with van der Waals surface area (Å²) in [4.78, 5) is 4.69. The van der Waals surface area contributed by atoms with Gasteiger partial charge in [0.05, 0.1) is 6.04 Å². The fourth-order valence-electron chi connectivity index (χ4n) is 4.58. The van der Waals surface area contributed by atoms with Crippen molar-refractivity contribution < 1.29 is 0 Å². The minimum absolute atomic E-state index is 0.307. The molecule has 0 aromatic heterocycles. The van der Waals surface area contributed by atoms with Gasteiger partial charge < -0.3 is 9.80 Å². The van der Waals surface area contributed by atoms with Gasteiger partial charge in [0.25, 0.3) is 0 Å². The SMILES string of the molecule is CN(c1ccccc1)c1ccc(N(c2ccccc2)C2C=CC3=C(C=CCC3)C2)cc1. The Balaban J connectivity index is 1.46. The van der Waals surface area contributed by atoms with Gasteiger partial charge in [0, 0.05) is 29.8 Å². The predicted molar refractivity (Wildman–Crippen MR) is 132 cm³/mol. The zero-order valence-corrected chi connectivity index (χ0v) is 18.0. The lowest BCUT2D eigenvalue weighted by molar-refractivity contribution is 0.745. The van der Waals surface area contributed by atoms with Gasteiger partial charge in [-0.15, -0.1) is 0 Å². The van der Waals surface area contributed by atoms with Crippen molar-refractivity contribution >= 4 is 22.7 Å². The van der Waals surface area contributed by atoms with E-state index in [4.69, 9.17) is 0 Å². The second kappa shape index (κ2) is 8.69. The van der Waals surface area contributed by atoms with Gasteiger partial charge in [-0.2, -0.15) is 0 Å². The Hall–Kier alpha value is -3.52. The van der Waals surface area contributed by atoms with E-state index in [9.17, 15) is 0 Å². The van der Waals surface area contributed by atoms with Gasteiger partial charge in [-0.1, -0.05) is 60.7 Å². The smallest absolute Gasteiger partial charge is 0.0565 e. The lowest BCUT2D eigenvalue weighted by Gasteiger charge is -2.35. The van der Waals surface area contributed by atoms with E-state index in [2.05, 4.69) is 126 Å². The maximum absolute atomic E-state index is 2.47. The number of anilines is 4. The number of para-hydroxylation sites is 2. The maximum Gasteiger partial charge on any atom is 0.0565 e. The molecule has 0 heterocycles. The first-order valence-corrected chi connectivity index (χ1v) is 11.1. The third-order valence-electron chi connectivity index (χ3n) is 6.29. The molecule has 0 saturated heterocycles. The number of benzene rings is 3. The molecule has 2 nitrogen and oxygen atoms in total. The third-order valence-corrected chi connectivity index (χ3v) is 6.29. The number of rotatable bonds is 5. The van der Waals surface area contributed by atoms with E-state index in [1.54, 1.807) is 0 Å². The molecule has 31 heavy (non-hydrogen) atoms. The highest BCUT2D eigenvalue weighted by atomic mass is 15.2. The molecule has 1 unspecified atom stereocenters. The average Bonchev–Trinajstić information content (AvgIpc) is 2.85. The molecular weight excluding hydrogens is 376 g/mol. The molecule has 0 spiro atoms. The van der Waals surface area contributed by atoms with Gasteiger partial charge in [-0.25, -0.2) is 0 Å². The molecule has 1 atom stereocenters. The van der Waals surface area contributed by atoms with E-state index < -0.39 is 0 Å². The molecule has 0 saturated carbocycles. The molecule has 3 aromatic carbocycles. The summed E-state index contributed by atoms with van der Waals surface area (Å²) in [6, 6.07) is 30.5. The van der Waals surface area contributed by atoms with Crippen LogP contribution in [0.4, 0.5) is 22.7 Å². The van der Waals surface area contributed by atoms with Crippen molar-refractivity contribution in [3.05, 3.63) is 120 Å². The molecule has 0 radical (unpaired) electrons. The Morgan fingerprint density at radius 1 is 0.645 bits per heavy atom. The summed E-state index contributed by atoms with van der Waals surface area (Å²) in [6.07, 6.45) is 12.7. The van der Waals surface area contributed by atoms with E-state index in [-0.39, 0.29) is 0 Å². The number of nitrogens with zero attached hydrogens (tertiary/aromatic N) is 2. The van der Waals surface area contributed by atoms with Crippen molar-refractivity contribution in [1.29, 1.82) is 0 Å². The zero-order chi connectivity index (χ0) is 21.0. The van der Waals surface area contributed by atoms with Gasteiger partial charge in [0.15, 0.2) is 0 Å². The summed E-state index contributed by atoms with van der Waals surface area (Å²) >= 11 is 0. The number of hydrogen-bond donors (Lipinski definition) is 0. The largest absolute Gasteiger partial charge is 0.345 e. The Kier molecular flexibility index (Phi) is 5.45. The van der Waals surface area contributed by atoms with Crippen molar-refractivity contribution in [1.82, 2.24) is 0 Å². The summed E-state index contributed by atoms with van der Waals surface area (Å²) in [7, 11) is 2.12. The molecule has 0 bridgehead atoms. The van der Waals surface area contributed by atoms with E-state index in [1.807, 2.05) is 0 Å². The van der Waals surface area contributed by atoms with Crippen molar-refractivity contribution in [2.24, 2.45) is 0 Å². The Morgan fingerprint density at radius 3 is 1.94 bits per heavy atom. The van der Waals surface area contributed by atoms with Crippen LogP contribution in [-0.2, 0) is 0 Å². The third kappa shape index (κ3) is 4.06. The van der Waals surface area contributed by atoms with E-state index in [0.29, 0.717) is 6.04 Å². The summed E-state index contributed by atoms with van der Waals surface area (Å²) in [5, 5.41) is 0. The molecule has 0 N–H and O–H groups in total. The average molecular weight is 405 g/mol. The quantitative estimate of drug-likeness (QED) is 0.433. The van der Waals surface area contributed by atoms with Crippen molar-refractivity contribution in [3.63, 3.8) is 0 Å². The van der Waals surface area contributed by atoms with Crippen LogP contribution in [0.1, 0.15) is 19.3 Å². The normalized spacial score (nSPS) is 17.4. The van der Waals surface area contributed by atoms with Crippen LogP contribution in [0.25, 0.3) is 0 Å². The standard InChI is InChI=1S/C29H28N2/c1-30(25-12-4-2-5-13-25)26-18-20-28(21-19-26)31(27-14-6-3-7-15-27)29-17-16-23-10-8-9-11-24(23)22-29/h2-7,9,11-21,29H,8,10,22H2,1H3. The predicted octanol–water partition coefficient (Wildman–Crippen LogP) is 7.57. The van der Waals surface area contributed by atoms with E-state index in [0.717, 1.165) is 12.8 Å². The summed E-state index contributed by atoms with van der Waals surface area (Å²) < 4.78 is 0. The van der Waals surface area contributed by atoms with Crippen LogP contribution in [-0.4, -0.2) is 13.1 Å². The van der Waals surface area contributed by atoms with Crippen LogP contribution in [0.15, 0.2) is 120 Å². The topological polar surface area (TPSA) is 6.48 Å². The minimum Gasteiger partial charge on any atom is -0.345 e. The summed E-state index contributed by atoms with van der Waals surface area (Å²) in [5.41, 5.74) is 7.81. The lowest BCUT2D eigenvalue weighted by Crippen LogP contribution is -2.31. The first kappa shape index (κ1) is 19.4. The number of hydrogen-bond acceptors (Lipinski definition) is 2. The second-order valence-electron chi connectivity index (χ2n) is 8.24.